The Kier molecular flexibility index (Phi) is 3.98. The molecule has 0 atom stereocenters. The molecule has 0 saturated heterocycles. The molecule has 16 heavy (non-hydrogen) atoms. The number of nitrogens with two attached hydrogens (primary N) is 2. The molecule has 1 aromatic rings. The highest BCUT2D eigenvalue weighted by Gasteiger charge is 2.15. The summed E-state index contributed by atoms with van der Waals surface area (Å²) in [6.07, 6.45) is 0. The number of hydrogen-bond acceptors (Lipinski definition) is 5. The summed E-state index contributed by atoms with van der Waals surface area (Å²) >= 11 is 0. The van der Waals surface area contributed by atoms with E-state index in [0.29, 0.717) is 5.56 Å². The minimum Gasteiger partial charge on any atom is -0.302 e. The van der Waals surface area contributed by atoms with Gasteiger partial charge in [-0.15, -0.1) is 0 Å². The molecule has 0 aliphatic heterocycles. The van der Waals surface area contributed by atoms with Crippen LogP contribution in [0.1, 0.15) is 11.1 Å². The van der Waals surface area contributed by atoms with Gasteiger partial charge in [-0.25, -0.2) is 13.1 Å². The molecule has 0 amide bonds. The van der Waals surface area contributed by atoms with E-state index in [1.807, 2.05) is 6.07 Å². The highest BCUT2D eigenvalue weighted by Crippen LogP contribution is 2.03. The molecule has 0 aliphatic rings. The van der Waals surface area contributed by atoms with Crippen LogP contribution in [0.25, 0.3) is 0 Å². The number of nitrogens with zero attached hydrogens (tertiary/aromatic N) is 1. The molecule has 86 valence electrons. The van der Waals surface area contributed by atoms with Crippen molar-refractivity contribution in [2.75, 3.05) is 0 Å². The minimum atomic E-state index is -3.67. The first-order valence-corrected chi connectivity index (χ1v) is 5.99. The monoisotopic (exact) mass is 240 g/mol. The van der Waals surface area contributed by atoms with Gasteiger partial charge >= 0.3 is 0 Å². The lowest BCUT2D eigenvalue weighted by molar-refractivity contribution is 0.567. The molecule has 6 nitrogen and oxygen atoms in total. The van der Waals surface area contributed by atoms with E-state index in [4.69, 9.17) is 16.7 Å². The molecular formula is C9H12N4O2S. The Morgan fingerprint density at radius 2 is 1.88 bits per heavy atom. The van der Waals surface area contributed by atoms with Crippen LogP contribution in [0.5, 0.6) is 0 Å². The van der Waals surface area contributed by atoms with Crippen molar-refractivity contribution >= 4 is 10.0 Å². The molecule has 0 saturated carbocycles. The normalized spacial score (nSPS) is 11.4. The maximum Gasteiger partial charge on any atom is 0.241 e. The van der Waals surface area contributed by atoms with Gasteiger partial charge in [0, 0.05) is 6.54 Å². The fraction of sp³-hybridized carbons (Fsp3) is 0.222. The standard InChI is InChI=1S/C9H12N4O2S/c10-5-7-1-3-8(4-2-7)6-13-16(14,15)9(11)12/h1-4,9,13H,6,11-12H2. The van der Waals surface area contributed by atoms with Gasteiger partial charge in [-0.2, -0.15) is 5.26 Å². The second-order valence-corrected chi connectivity index (χ2v) is 5.06. The number of sulfonamides is 1. The lowest BCUT2D eigenvalue weighted by Crippen LogP contribution is -2.45. The van der Waals surface area contributed by atoms with Crippen LogP contribution < -0.4 is 16.2 Å². The molecule has 0 unspecified atom stereocenters. The predicted octanol–water partition coefficient (Wildman–Crippen LogP) is -0.821. The molecule has 7 heteroatoms. The van der Waals surface area contributed by atoms with Crippen LogP contribution in [0.3, 0.4) is 0 Å². The third-order valence-corrected chi connectivity index (χ3v) is 3.18. The van der Waals surface area contributed by atoms with Gasteiger partial charge in [-0.1, -0.05) is 12.1 Å². The van der Waals surface area contributed by atoms with E-state index < -0.39 is 15.5 Å². The molecule has 0 radical (unpaired) electrons. The van der Waals surface area contributed by atoms with Gasteiger partial charge in [0.05, 0.1) is 11.6 Å². The summed E-state index contributed by atoms with van der Waals surface area (Å²) < 4.78 is 24.7. The number of rotatable bonds is 4. The van der Waals surface area contributed by atoms with Crippen molar-refractivity contribution in [3.8, 4) is 6.07 Å². The Bertz CT molecular complexity index is 487. The van der Waals surface area contributed by atoms with E-state index in [1.54, 1.807) is 24.3 Å². The van der Waals surface area contributed by atoms with Crippen LogP contribution in [0.15, 0.2) is 24.3 Å². The van der Waals surface area contributed by atoms with Crippen molar-refractivity contribution in [1.29, 1.82) is 5.26 Å². The summed E-state index contributed by atoms with van der Waals surface area (Å²) in [7, 11) is -3.67. The minimum absolute atomic E-state index is 0.0962. The van der Waals surface area contributed by atoms with E-state index in [0.717, 1.165) is 5.56 Å². The molecule has 0 spiro atoms. The molecule has 0 fully saturated rings. The molecule has 1 aromatic carbocycles. The first kappa shape index (κ1) is 12.6. The topological polar surface area (TPSA) is 122 Å². The van der Waals surface area contributed by atoms with Crippen molar-refractivity contribution in [3.63, 3.8) is 0 Å². The molecule has 0 bridgehead atoms. The summed E-state index contributed by atoms with van der Waals surface area (Å²) in [6, 6.07) is 8.48. The number of hydrogen-bond donors (Lipinski definition) is 3. The van der Waals surface area contributed by atoms with Crippen LogP contribution >= 0.6 is 0 Å². The highest BCUT2D eigenvalue weighted by molar-refractivity contribution is 7.89. The van der Waals surface area contributed by atoms with Crippen LogP contribution in [0, 0.1) is 11.3 Å². The van der Waals surface area contributed by atoms with E-state index in [1.165, 1.54) is 0 Å². The van der Waals surface area contributed by atoms with Crippen molar-refractivity contribution in [3.05, 3.63) is 35.4 Å². The summed E-state index contributed by atoms with van der Waals surface area (Å²) in [5.41, 5.74) is 9.93. The van der Waals surface area contributed by atoms with E-state index in [9.17, 15) is 8.42 Å². The Morgan fingerprint density at radius 3 is 2.31 bits per heavy atom. The lowest BCUT2D eigenvalue weighted by atomic mass is 10.1. The summed E-state index contributed by atoms with van der Waals surface area (Å²) in [5, 5.41) is 8.57. The summed E-state index contributed by atoms with van der Waals surface area (Å²) in [6.45, 7) is 0.0962. The SMILES string of the molecule is N#Cc1ccc(CNS(=O)(=O)C(N)N)cc1. The number of nitriles is 1. The average Bonchev–Trinajstić information content (AvgIpc) is 2.27. The summed E-state index contributed by atoms with van der Waals surface area (Å²) in [4.78, 5) is 0. The zero-order valence-electron chi connectivity index (χ0n) is 8.42. The van der Waals surface area contributed by atoms with Gasteiger partial charge in [-0.3, -0.25) is 0 Å². The molecular weight excluding hydrogens is 228 g/mol. The predicted molar refractivity (Wildman–Crippen MR) is 59.1 cm³/mol. The zero-order chi connectivity index (χ0) is 12.2. The zero-order valence-corrected chi connectivity index (χ0v) is 9.24. The van der Waals surface area contributed by atoms with E-state index >= 15 is 0 Å². The molecule has 0 aromatic heterocycles. The number of nitrogens with one attached hydrogen (secondary N) is 1. The lowest BCUT2D eigenvalue weighted by Gasteiger charge is -2.09. The van der Waals surface area contributed by atoms with Gasteiger partial charge in [0.1, 0.15) is 0 Å². The van der Waals surface area contributed by atoms with Gasteiger partial charge in [0.15, 0.2) is 5.50 Å². The molecule has 0 heterocycles. The Hall–Kier alpha value is -1.46. The second-order valence-electron chi connectivity index (χ2n) is 3.14. The second kappa shape index (κ2) is 5.05. The third-order valence-electron chi connectivity index (χ3n) is 1.92. The van der Waals surface area contributed by atoms with Gasteiger partial charge in [0.25, 0.3) is 0 Å². The van der Waals surface area contributed by atoms with E-state index in [2.05, 4.69) is 4.72 Å². The summed E-state index contributed by atoms with van der Waals surface area (Å²) in [5.74, 6) is 0. The van der Waals surface area contributed by atoms with Crippen molar-refractivity contribution < 1.29 is 8.42 Å². The van der Waals surface area contributed by atoms with Crippen LogP contribution in [-0.4, -0.2) is 13.9 Å². The smallest absolute Gasteiger partial charge is 0.241 e. The Labute approximate surface area is 93.9 Å². The van der Waals surface area contributed by atoms with E-state index in [-0.39, 0.29) is 6.54 Å². The average molecular weight is 240 g/mol. The first-order valence-electron chi connectivity index (χ1n) is 4.44. The number of benzene rings is 1. The first-order chi connectivity index (χ1) is 7.45. The Balaban J connectivity index is 2.66. The fourth-order valence-corrected chi connectivity index (χ4v) is 1.54. The van der Waals surface area contributed by atoms with Gasteiger partial charge in [0.2, 0.25) is 10.0 Å². The van der Waals surface area contributed by atoms with Crippen LogP contribution in [0.2, 0.25) is 0 Å². The van der Waals surface area contributed by atoms with Crippen molar-refractivity contribution in [2.45, 2.75) is 12.0 Å². The molecule has 0 aliphatic carbocycles. The Morgan fingerprint density at radius 1 is 1.31 bits per heavy atom. The third kappa shape index (κ3) is 3.29. The van der Waals surface area contributed by atoms with Crippen LogP contribution in [0.4, 0.5) is 0 Å². The van der Waals surface area contributed by atoms with Gasteiger partial charge in [-0.05, 0) is 17.7 Å². The molecule has 1 rings (SSSR count). The largest absolute Gasteiger partial charge is 0.302 e. The molecule has 5 N–H and O–H groups in total. The quantitative estimate of drug-likeness (QED) is 0.593. The van der Waals surface area contributed by atoms with Gasteiger partial charge < -0.3 is 11.5 Å². The van der Waals surface area contributed by atoms with Crippen molar-refractivity contribution in [2.24, 2.45) is 11.5 Å². The van der Waals surface area contributed by atoms with Crippen molar-refractivity contribution in [1.82, 2.24) is 4.72 Å². The van der Waals surface area contributed by atoms with Crippen LogP contribution in [-0.2, 0) is 16.6 Å². The fourth-order valence-electron chi connectivity index (χ4n) is 0.977. The maximum absolute atomic E-state index is 11.2. The maximum atomic E-state index is 11.2. The highest BCUT2D eigenvalue weighted by atomic mass is 32.2.